The largest absolute Gasteiger partial charge is 0.490 e. The van der Waals surface area contributed by atoms with E-state index in [1.54, 1.807) is 18.2 Å². The molecule has 0 heterocycles. The van der Waals surface area contributed by atoms with Gasteiger partial charge in [0.2, 0.25) is 5.91 Å². The second-order valence-corrected chi connectivity index (χ2v) is 3.33. The van der Waals surface area contributed by atoms with Crippen molar-refractivity contribution in [2.45, 2.75) is 6.92 Å². The van der Waals surface area contributed by atoms with E-state index in [4.69, 9.17) is 10.5 Å². The average molecular weight is 220 g/mol. The van der Waals surface area contributed by atoms with Gasteiger partial charge >= 0.3 is 0 Å². The Labute approximate surface area is 95.1 Å². The summed E-state index contributed by atoms with van der Waals surface area (Å²) in [4.78, 5) is 11.1. The lowest BCUT2D eigenvalue weighted by atomic mass is 10.2. The van der Waals surface area contributed by atoms with E-state index >= 15 is 0 Å². The molecule has 0 saturated heterocycles. The Balaban J connectivity index is 2.74. The van der Waals surface area contributed by atoms with Gasteiger partial charge in [-0.3, -0.25) is 4.79 Å². The van der Waals surface area contributed by atoms with Gasteiger partial charge in [-0.25, -0.2) is 0 Å². The van der Waals surface area contributed by atoms with Crippen molar-refractivity contribution >= 4 is 11.6 Å². The highest BCUT2D eigenvalue weighted by molar-refractivity contribution is 5.92. The van der Waals surface area contributed by atoms with E-state index in [1.807, 2.05) is 13.0 Å². The van der Waals surface area contributed by atoms with Crippen LogP contribution < -0.4 is 15.8 Å². The molecule has 0 saturated carbocycles. The van der Waals surface area contributed by atoms with Gasteiger partial charge in [-0.1, -0.05) is 12.7 Å². The Morgan fingerprint density at radius 2 is 2.38 bits per heavy atom. The molecule has 4 heteroatoms. The lowest BCUT2D eigenvalue weighted by molar-refractivity contribution is -0.114. The number of benzene rings is 1. The van der Waals surface area contributed by atoms with Crippen LogP contribution in [-0.2, 0) is 4.79 Å². The Morgan fingerprint density at radius 1 is 1.62 bits per heavy atom. The number of nitrogens with one attached hydrogen (secondary N) is 1. The molecule has 0 aliphatic heterocycles. The quantitative estimate of drug-likeness (QED) is 0.738. The Bertz CT molecular complexity index is 389. The van der Waals surface area contributed by atoms with Crippen LogP contribution in [0.4, 0.5) is 5.69 Å². The third kappa shape index (κ3) is 3.40. The molecule has 1 aromatic rings. The van der Waals surface area contributed by atoms with E-state index < -0.39 is 0 Å². The van der Waals surface area contributed by atoms with Crippen molar-refractivity contribution in [2.75, 3.05) is 18.5 Å². The summed E-state index contributed by atoms with van der Waals surface area (Å²) in [5.41, 5.74) is 6.90. The summed E-state index contributed by atoms with van der Waals surface area (Å²) in [7, 11) is 0. The van der Waals surface area contributed by atoms with Crippen LogP contribution in [0.5, 0.6) is 5.75 Å². The Kier molecular flexibility index (Phi) is 4.54. The maximum Gasteiger partial charge on any atom is 0.238 e. The van der Waals surface area contributed by atoms with Crippen molar-refractivity contribution in [1.29, 1.82) is 0 Å². The van der Waals surface area contributed by atoms with Crippen molar-refractivity contribution in [3.8, 4) is 5.75 Å². The van der Waals surface area contributed by atoms with E-state index in [0.717, 1.165) is 17.0 Å². The highest BCUT2D eigenvalue weighted by atomic mass is 16.5. The highest BCUT2D eigenvalue weighted by Gasteiger charge is 2.03. The second-order valence-electron chi connectivity index (χ2n) is 3.33. The molecule has 4 nitrogen and oxygen atoms in total. The molecule has 16 heavy (non-hydrogen) atoms. The van der Waals surface area contributed by atoms with Crippen LogP contribution in [0.3, 0.4) is 0 Å². The van der Waals surface area contributed by atoms with Crippen molar-refractivity contribution in [3.05, 3.63) is 36.4 Å². The summed E-state index contributed by atoms with van der Waals surface area (Å²) in [6.45, 7) is 5.91. The summed E-state index contributed by atoms with van der Waals surface area (Å²) in [6, 6.07) is 5.44. The van der Waals surface area contributed by atoms with Gasteiger partial charge in [0.25, 0.3) is 0 Å². The molecule has 86 valence electrons. The fraction of sp³-hybridized carbons (Fsp3) is 0.250. The fourth-order valence-electron chi connectivity index (χ4n) is 1.22. The number of hydrogen-bond donors (Lipinski definition) is 2. The number of hydrogen-bond acceptors (Lipinski definition) is 3. The zero-order valence-electron chi connectivity index (χ0n) is 9.32. The molecule has 0 bridgehead atoms. The topological polar surface area (TPSA) is 64.3 Å². The molecular formula is C12H16N2O2. The first-order valence-electron chi connectivity index (χ1n) is 5.01. The molecule has 0 unspecified atom stereocenters. The van der Waals surface area contributed by atoms with Crippen molar-refractivity contribution in [3.63, 3.8) is 0 Å². The third-order valence-corrected chi connectivity index (χ3v) is 2.03. The van der Waals surface area contributed by atoms with E-state index in [9.17, 15) is 4.79 Å². The maximum absolute atomic E-state index is 11.1. The molecule has 1 rings (SSSR count). The van der Waals surface area contributed by atoms with E-state index in [2.05, 4.69) is 11.9 Å². The second kappa shape index (κ2) is 5.92. The van der Waals surface area contributed by atoms with Gasteiger partial charge < -0.3 is 15.8 Å². The number of carbonyl (C=O) groups excluding carboxylic acids is 1. The minimum atomic E-state index is -0.206. The summed E-state index contributed by atoms with van der Waals surface area (Å²) in [5.74, 6) is 0.547. The minimum Gasteiger partial charge on any atom is -0.490 e. The summed E-state index contributed by atoms with van der Waals surface area (Å²) in [5, 5.41) is 2.70. The molecule has 0 aliphatic rings. The number of anilines is 1. The molecular weight excluding hydrogens is 204 g/mol. The Morgan fingerprint density at radius 3 is 2.94 bits per heavy atom. The van der Waals surface area contributed by atoms with E-state index in [0.29, 0.717) is 6.61 Å². The van der Waals surface area contributed by atoms with Gasteiger partial charge in [0.1, 0.15) is 12.4 Å². The predicted octanol–water partition coefficient (Wildman–Crippen LogP) is 1.46. The van der Waals surface area contributed by atoms with Crippen LogP contribution in [-0.4, -0.2) is 19.1 Å². The van der Waals surface area contributed by atoms with Crippen LogP contribution in [0.2, 0.25) is 0 Å². The van der Waals surface area contributed by atoms with Gasteiger partial charge in [-0.05, 0) is 30.7 Å². The van der Waals surface area contributed by atoms with Crippen molar-refractivity contribution in [1.82, 2.24) is 0 Å². The SMILES string of the molecule is C=CCOc1ccc(NC(=O)CN)c(C)c1. The minimum absolute atomic E-state index is 0.0197. The zero-order chi connectivity index (χ0) is 12.0. The van der Waals surface area contributed by atoms with E-state index in [1.165, 1.54) is 0 Å². The number of amides is 1. The predicted molar refractivity (Wildman–Crippen MR) is 64.6 cm³/mol. The summed E-state index contributed by atoms with van der Waals surface area (Å²) in [6.07, 6.45) is 1.68. The summed E-state index contributed by atoms with van der Waals surface area (Å²) >= 11 is 0. The first kappa shape index (κ1) is 12.3. The molecule has 3 N–H and O–H groups in total. The summed E-state index contributed by atoms with van der Waals surface area (Å²) < 4.78 is 5.37. The average Bonchev–Trinajstić information content (AvgIpc) is 2.29. The maximum atomic E-state index is 11.1. The number of ether oxygens (including phenoxy) is 1. The molecule has 0 aromatic heterocycles. The molecule has 0 radical (unpaired) electrons. The molecule has 0 atom stereocenters. The number of rotatable bonds is 5. The molecule has 1 aromatic carbocycles. The number of aryl methyl sites for hydroxylation is 1. The van der Waals surface area contributed by atoms with Gasteiger partial charge in [-0.2, -0.15) is 0 Å². The normalized spacial score (nSPS) is 9.62. The van der Waals surface area contributed by atoms with Crippen molar-refractivity contribution in [2.24, 2.45) is 5.73 Å². The van der Waals surface area contributed by atoms with Crippen LogP contribution in [0.15, 0.2) is 30.9 Å². The lowest BCUT2D eigenvalue weighted by Gasteiger charge is -2.09. The van der Waals surface area contributed by atoms with Crippen LogP contribution in [0.1, 0.15) is 5.56 Å². The molecule has 0 aliphatic carbocycles. The smallest absolute Gasteiger partial charge is 0.238 e. The fourth-order valence-corrected chi connectivity index (χ4v) is 1.22. The van der Waals surface area contributed by atoms with Gasteiger partial charge in [0, 0.05) is 5.69 Å². The van der Waals surface area contributed by atoms with E-state index in [-0.39, 0.29) is 12.5 Å². The number of carbonyl (C=O) groups is 1. The van der Waals surface area contributed by atoms with Crippen LogP contribution >= 0.6 is 0 Å². The van der Waals surface area contributed by atoms with Crippen LogP contribution in [0.25, 0.3) is 0 Å². The molecule has 0 spiro atoms. The number of nitrogens with two attached hydrogens (primary N) is 1. The molecule has 1 amide bonds. The third-order valence-electron chi connectivity index (χ3n) is 2.03. The first-order valence-corrected chi connectivity index (χ1v) is 5.01. The van der Waals surface area contributed by atoms with Gasteiger partial charge in [-0.15, -0.1) is 0 Å². The van der Waals surface area contributed by atoms with Crippen molar-refractivity contribution < 1.29 is 9.53 Å². The monoisotopic (exact) mass is 220 g/mol. The van der Waals surface area contributed by atoms with Gasteiger partial charge in [0.05, 0.1) is 6.54 Å². The molecule has 0 fully saturated rings. The zero-order valence-corrected chi connectivity index (χ0v) is 9.32. The lowest BCUT2D eigenvalue weighted by Crippen LogP contribution is -2.22. The van der Waals surface area contributed by atoms with Crippen LogP contribution in [0, 0.1) is 6.92 Å². The standard InChI is InChI=1S/C12H16N2O2/c1-3-6-16-10-4-5-11(9(2)7-10)14-12(15)8-13/h3-5,7H,1,6,8,13H2,2H3,(H,14,15). The Hall–Kier alpha value is -1.81. The van der Waals surface area contributed by atoms with Gasteiger partial charge in [0.15, 0.2) is 0 Å². The highest BCUT2D eigenvalue weighted by Crippen LogP contribution is 2.21. The first-order chi connectivity index (χ1) is 7.67.